The van der Waals surface area contributed by atoms with Crippen LogP contribution in [0.3, 0.4) is 0 Å². The summed E-state index contributed by atoms with van der Waals surface area (Å²) in [5.74, 6) is -0.199. The van der Waals surface area contributed by atoms with Crippen LogP contribution < -0.4 is 5.32 Å². The van der Waals surface area contributed by atoms with E-state index in [4.69, 9.17) is 16.4 Å². The van der Waals surface area contributed by atoms with Gasteiger partial charge in [0.25, 0.3) is 0 Å². The summed E-state index contributed by atoms with van der Waals surface area (Å²) in [6.45, 7) is 1.07. The van der Waals surface area contributed by atoms with Crippen LogP contribution in [0.4, 0.5) is 4.39 Å². The van der Waals surface area contributed by atoms with Gasteiger partial charge < -0.3 is 10.2 Å². The van der Waals surface area contributed by atoms with E-state index >= 15 is 0 Å². The van der Waals surface area contributed by atoms with Gasteiger partial charge in [0, 0.05) is 35.7 Å². The van der Waals surface area contributed by atoms with Crippen molar-refractivity contribution in [3.8, 4) is 0 Å². The molecule has 1 aliphatic heterocycles. The van der Waals surface area contributed by atoms with E-state index in [1.807, 2.05) is 30.3 Å². The Hall–Kier alpha value is -1.91. The number of hydrogen-bond donors (Lipinski definition) is 1. The standard InChI is InChI=1S/C17H16ClFN2O/c18-15-7-3-2-6-14(15)17-9-13(22-21-17)11-20-10-12-5-1-4-8-16(12)19/h1-8,13,20H,9-11H2/t13-/m0/s1. The first-order valence-electron chi connectivity index (χ1n) is 7.16. The van der Waals surface area contributed by atoms with Crippen LogP contribution in [0.5, 0.6) is 0 Å². The Kier molecular flexibility index (Phi) is 4.71. The Morgan fingerprint density at radius 3 is 2.77 bits per heavy atom. The Bertz CT molecular complexity index is 690. The smallest absolute Gasteiger partial charge is 0.145 e. The summed E-state index contributed by atoms with van der Waals surface area (Å²) in [4.78, 5) is 5.42. The molecule has 1 atom stereocenters. The number of benzene rings is 2. The summed E-state index contributed by atoms with van der Waals surface area (Å²) < 4.78 is 13.5. The van der Waals surface area contributed by atoms with E-state index in [-0.39, 0.29) is 11.9 Å². The van der Waals surface area contributed by atoms with Crippen molar-refractivity contribution in [1.29, 1.82) is 0 Å². The quantitative estimate of drug-likeness (QED) is 0.910. The second kappa shape index (κ2) is 6.90. The molecule has 5 heteroatoms. The van der Waals surface area contributed by atoms with Gasteiger partial charge in [0.1, 0.15) is 11.9 Å². The second-order valence-electron chi connectivity index (χ2n) is 5.17. The molecule has 114 valence electrons. The molecule has 0 spiro atoms. The molecule has 0 aromatic heterocycles. The first-order chi connectivity index (χ1) is 10.7. The highest BCUT2D eigenvalue weighted by Crippen LogP contribution is 2.22. The Morgan fingerprint density at radius 1 is 1.18 bits per heavy atom. The molecule has 3 nitrogen and oxygen atoms in total. The Labute approximate surface area is 133 Å². The fraction of sp³-hybridized carbons (Fsp3) is 0.235. The van der Waals surface area contributed by atoms with Crippen LogP contribution in [0.25, 0.3) is 0 Å². The van der Waals surface area contributed by atoms with Gasteiger partial charge in [-0.2, -0.15) is 0 Å². The van der Waals surface area contributed by atoms with Crippen LogP contribution in [-0.2, 0) is 11.4 Å². The minimum Gasteiger partial charge on any atom is -0.390 e. The summed E-state index contributed by atoms with van der Waals surface area (Å²) in [5.41, 5.74) is 2.40. The van der Waals surface area contributed by atoms with Gasteiger partial charge in [-0.3, -0.25) is 0 Å². The highest BCUT2D eigenvalue weighted by Gasteiger charge is 2.23. The van der Waals surface area contributed by atoms with Gasteiger partial charge in [0.15, 0.2) is 0 Å². The zero-order chi connectivity index (χ0) is 15.4. The third kappa shape index (κ3) is 3.46. The maximum absolute atomic E-state index is 13.5. The average Bonchev–Trinajstić information content (AvgIpc) is 2.98. The zero-order valence-corrected chi connectivity index (χ0v) is 12.7. The molecule has 0 bridgehead atoms. The number of hydrogen-bond acceptors (Lipinski definition) is 3. The van der Waals surface area contributed by atoms with Crippen LogP contribution in [0.15, 0.2) is 53.7 Å². The van der Waals surface area contributed by atoms with Crippen molar-refractivity contribution in [2.75, 3.05) is 6.54 Å². The lowest BCUT2D eigenvalue weighted by atomic mass is 10.0. The van der Waals surface area contributed by atoms with Gasteiger partial charge in [-0.15, -0.1) is 0 Å². The third-order valence-electron chi connectivity index (χ3n) is 3.56. The molecule has 0 saturated carbocycles. The van der Waals surface area contributed by atoms with Crippen molar-refractivity contribution in [3.05, 3.63) is 70.5 Å². The molecule has 0 radical (unpaired) electrons. The molecular weight excluding hydrogens is 303 g/mol. The van der Waals surface area contributed by atoms with Gasteiger partial charge in [-0.25, -0.2) is 4.39 Å². The zero-order valence-electron chi connectivity index (χ0n) is 11.9. The third-order valence-corrected chi connectivity index (χ3v) is 3.89. The van der Waals surface area contributed by atoms with Crippen molar-refractivity contribution in [2.45, 2.75) is 19.1 Å². The molecule has 1 N–H and O–H groups in total. The lowest BCUT2D eigenvalue weighted by Gasteiger charge is -2.10. The molecule has 0 amide bonds. The average molecular weight is 319 g/mol. The van der Waals surface area contributed by atoms with Crippen LogP contribution in [0, 0.1) is 5.82 Å². The fourth-order valence-corrected chi connectivity index (χ4v) is 2.65. The van der Waals surface area contributed by atoms with Crippen LogP contribution in [0.2, 0.25) is 5.02 Å². The number of nitrogens with zero attached hydrogens (tertiary/aromatic N) is 1. The molecule has 0 unspecified atom stereocenters. The molecule has 2 aromatic carbocycles. The second-order valence-corrected chi connectivity index (χ2v) is 5.58. The van der Waals surface area contributed by atoms with Crippen molar-refractivity contribution >= 4 is 17.3 Å². The molecule has 2 aromatic rings. The largest absolute Gasteiger partial charge is 0.390 e. The van der Waals surface area contributed by atoms with Gasteiger partial charge in [0.05, 0.1) is 5.71 Å². The van der Waals surface area contributed by atoms with Crippen LogP contribution >= 0.6 is 11.6 Å². The van der Waals surface area contributed by atoms with Crippen molar-refractivity contribution in [1.82, 2.24) is 5.32 Å². The molecule has 0 saturated heterocycles. The summed E-state index contributed by atoms with van der Waals surface area (Å²) in [6.07, 6.45) is 0.631. The first-order valence-corrected chi connectivity index (χ1v) is 7.53. The van der Waals surface area contributed by atoms with E-state index in [2.05, 4.69) is 10.5 Å². The van der Waals surface area contributed by atoms with Crippen LogP contribution in [-0.4, -0.2) is 18.4 Å². The molecule has 0 aliphatic carbocycles. The van der Waals surface area contributed by atoms with E-state index in [1.54, 1.807) is 12.1 Å². The number of rotatable bonds is 5. The highest BCUT2D eigenvalue weighted by atomic mass is 35.5. The van der Waals surface area contributed by atoms with Crippen molar-refractivity contribution in [3.63, 3.8) is 0 Å². The van der Waals surface area contributed by atoms with Gasteiger partial charge >= 0.3 is 0 Å². The number of nitrogens with one attached hydrogen (secondary N) is 1. The molecule has 22 heavy (non-hydrogen) atoms. The minimum absolute atomic E-state index is 0.0574. The minimum atomic E-state index is -0.199. The maximum atomic E-state index is 13.5. The van der Waals surface area contributed by atoms with Gasteiger partial charge in [-0.1, -0.05) is 53.2 Å². The monoisotopic (exact) mass is 318 g/mol. The van der Waals surface area contributed by atoms with Crippen LogP contribution in [0.1, 0.15) is 17.5 Å². The van der Waals surface area contributed by atoms with E-state index < -0.39 is 0 Å². The summed E-state index contributed by atoms with van der Waals surface area (Å²) in [5, 5.41) is 7.98. The number of halogens is 2. The van der Waals surface area contributed by atoms with E-state index in [0.717, 1.165) is 11.3 Å². The highest BCUT2D eigenvalue weighted by molar-refractivity contribution is 6.34. The molecule has 3 rings (SSSR count). The predicted molar refractivity (Wildman–Crippen MR) is 85.6 cm³/mol. The molecular formula is C17H16ClFN2O. The van der Waals surface area contributed by atoms with E-state index in [9.17, 15) is 4.39 Å². The Balaban J connectivity index is 1.51. The topological polar surface area (TPSA) is 33.6 Å². The molecule has 1 aliphatic rings. The Morgan fingerprint density at radius 2 is 1.95 bits per heavy atom. The van der Waals surface area contributed by atoms with Gasteiger partial charge in [-0.05, 0) is 12.1 Å². The maximum Gasteiger partial charge on any atom is 0.145 e. The normalized spacial score (nSPS) is 17.2. The fourth-order valence-electron chi connectivity index (χ4n) is 2.40. The predicted octanol–water partition coefficient (Wildman–Crippen LogP) is 3.76. The molecule has 0 fully saturated rings. The summed E-state index contributed by atoms with van der Waals surface area (Å²) >= 11 is 6.16. The van der Waals surface area contributed by atoms with Crippen molar-refractivity contribution in [2.24, 2.45) is 5.16 Å². The number of oxime groups is 1. The lowest BCUT2D eigenvalue weighted by molar-refractivity contribution is 0.0848. The molecule has 1 heterocycles. The van der Waals surface area contributed by atoms with Crippen molar-refractivity contribution < 1.29 is 9.23 Å². The first kappa shape index (κ1) is 15.0. The van der Waals surface area contributed by atoms with Gasteiger partial charge in [0.2, 0.25) is 0 Å². The summed E-state index contributed by atoms with van der Waals surface area (Å²) in [6, 6.07) is 14.3. The SMILES string of the molecule is Fc1ccccc1CNC[C@@H]1CC(c2ccccc2Cl)=NO1. The van der Waals surface area contributed by atoms with E-state index in [1.165, 1.54) is 6.07 Å². The summed E-state index contributed by atoms with van der Waals surface area (Å²) in [7, 11) is 0. The lowest BCUT2D eigenvalue weighted by Crippen LogP contribution is -2.27. The van der Waals surface area contributed by atoms with E-state index in [0.29, 0.717) is 30.1 Å².